The van der Waals surface area contributed by atoms with Crippen LogP contribution in [0.5, 0.6) is 0 Å². The SMILES string of the molecule is NC(=S)NN=Cc1cc(F)ccc1[B-](F)(F)F. The summed E-state index contributed by atoms with van der Waals surface area (Å²) in [4.78, 5) is 0. The number of thiocarbonyl (C=S) groups is 1. The minimum atomic E-state index is -5.23. The Kier molecular flexibility index (Phi) is 4.05. The number of nitrogens with one attached hydrogen (secondary N) is 1. The number of nitrogens with zero attached hydrogens (tertiary/aromatic N) is 1. The van der Waals surface area contributed by atoms with E-state index in [1.54, 1.807) is 0 Å². The first-order valence-corrected chi connectivity index (χ1v) is 4.79. The molecular formula is C8H7BF4N3S-. The molecule has 0 aliphatic rings. The lowest BCUT2D eigenvalue weighted by Crippen LogP contribution is -2.37. The van der Waals surface area contributed by atoms with Crippen molar-refractivity contribution in [3.05, 3.63) is 29.6 Å². The van der Waals surface area contributed by atoms with Crippen molar-refractivity contribution in [1.29, 1.82) is 0 Å². The number of halogens is 4. The van der Waals surface area contributed by atoms with Gasteiger partial charge in [-0.05, 0) is 29.9 Å². The fourth-order valence-corrected chi connectivity index (χ4v) is 1.17. The molecule has 0 aromatic heterocycles. The summed E-state index contributed by atoms with van der Waals surface area (Å²) in [5.74, 6) is -0.787. The van der Waals surface area contributed by atoms with Gasteiger partial charge in [0.2, 0.25) is 0 Å². The van der Waals surface area contributed by atoms with E-state index in [-0.39, 0.29) is 10.7 Å². The third-order valence-electron chi connectivity index (χ3n) is 1.78. The zero-order valence-corrected chi connectivity index (χ0v) is 9.15. The largest absolute Gasteiger partial charge is 0.510 e. The molecule has 0 aliphatic heterocycles. The van der Waals surface area contributed by atoms with Gasteiger partial charge < -0.3 is 18.7 Å². The standard InChI is InChI=1S/C8H7BF4N3S/c10-6-1-2-7(9(11,12)13)5(3-6)4-15-16-8(14)17/h1-4H,(H3,14,16,17)/q-1. The highest BCUT2D eigenvalue weighted by atomic mass is 32.1. The molecule has 0 amide bonds. The maximum absolute atomic E-state index is 12.8. The molecule has 0 atom stereocenters. The van der Waals surface area contributed by atoms with Crippen molar-refractivity contribution in [3.63, 3.8) is 0 Å². The van der Waals surface area contributed by atoms with Crippen LogP contribution in [0, 0.1) is 5.82 Å². The van der Waals surface area contributed by atoms with Gasteiger partial charge in [0.05, 0.1) is 6.21 Å². The van der Waals surface area contributed by atoms with E-state index < -0.39 is 18.3 Å². The Morgan fingerprint density at radius 1 is 1.41 bits per heavy atom. The van der Waals surface area contributed by atoms with E-state index in [9.17, 15) is 17.3 Å². The second-order valence-electron chi connectivity index (χ2n) is 3.08. The first kappa shape index (κ1) is 13.4. The van der Waals surface area contributed by atoms with Crippen molar-refractivity contribution >= 4 is 36.0 Å². The summed E-state index contributed by atoms with van der Waals surface area (Å²) >= 11 is 4.40. The maximum Gasteiger partial charge on any atom is 0.510 e. The number of hydrazone groups is 1. The average molecular weight is 264 g/mol. The molecule has 0 spiro atoms. The molecule has 92 valence electrons. The summed E-state index contributed by atoms with van der Waals surface area (Å²) in [6, 6.07) is 2.13. The summed E-state index contributed by atoms with van der Waals surface area (Å²) in [6.45, 7) is -5.23. The fourth-order valence-electron chi connectivity index (χ4n) is 1.12. The van der Waals surface area contributed by atoms with Gasteiger partial charge in [-0.3, -0.25) is 5.43 Å². The van der Waals surface area contributed by atoms with Crippen LogP contribution >= 0.6 is 12.2 Å². The van der Waals surface area contributed by atoms with Gasteiger partial charge in [0.1, 0.15) is 5.82 Å². The van der Waals surface area contributed by atoms with Crippen molar-refractivity contribution in [2.75, 3.05) is 0 Å². The highest BCUT2D eigenvalue weighted by molar-refractivity contribution is 7.80. The van der Waals surface area contributed by atoms with Gasteiger partial charge in [-0.15, -0.1) is 0 Å². The molecule has 3 N–H and O–H groups in total. The Labute approximate surface area is 99.7 Å². The van der Waals surface area contributed by atoms with Crippen LogP contribution in [0.1, 0.15) is 5.56 Å². The van der Waals surface area contributed by atoms with Crippen LogP contribution in [0.3, 0.4) is 0 Å². The topological polar surface area (TPSA) is 50.4 Å². The van der Waals surface area contributed by atoms with E-state index in [2.05, 4.69) is 22.7 Å². The van der Waals surface area contributed by atoms with Crippen LogP contribution < -0.4 is 16.6 Å². The van der Waals surface area contributed by atoms with Crippen molar-refractivity contribution < 1.29 is 17.3 Å². The van der Waals surface area contributed by atoms with E-state index in [0.717, 1.165) is 18.3 Å². The van der Waals surface area contributed by atoms with Crippen LogP contribution in [0.15, 0.2) is 23.3 Å². The van der Waals surface area contributed by atoms with E-state index >= 15 is 0 Å². The number of hydrogen-bond donors (Lipinski definition) is 2. The quantitative estimate of drug-likeness (QED) is 0.282. The van der Waals surface area contributed by atoms with E-state index in [4.69, 9.17) is 5.73 Å². The highest BCUT2D eigenvalue weighted by Gasteiger charge is 2.27. The normalized spacial score (nSPS) is 11.8. The molecule has 0 fully saturated rings. The molecule has 3 nitrogen and oxygen atoms in total. The zero-order valence-electron chi connectivity index (χ0n) is 8.33. The first-order valence-electron chi connectivity index (χ1n) is 4.38. The molecule has 0 unspecified atom stereocenters. The minimum absolute atomic E-state index is 0.197. The monoisotopic (exact) mass is 264 g/mol. The summed E-state index contributed by atoms with van der Waals surface area (Å²) in [6.07, 6.45) is 0.812. The molecular weight excluding hydrogens is 257 g/mol. The maximum atomic E-state index is 12.8. The molecule has 1 aromatic rings. The lowest BCUT2D eigenvalue weighted by Gasteiger charge is -2.17. The predicted octanol–water partition coefficient (Wildman–Crippen LogP) is 1.05. The van der Waals surface area contributed by atoms with E-state index in [1.165, 1.54) is 0 Å². The molecule has 0 saturated heterocycles. The Bertz CT molecular complexity index is 461. The van der Waals surface area contributed by atoms with Gasteiger partial charge in [0.15, 0.2) is 5.11 Å². The third-order valence-corrected chi connectivity index (χ3v) is 1.87. The van der Waals surface area contributed by atoms with Gasteiger partial charge in [-0.1, -0.05) is 11.5 Å². The first-order chi connectivity index (χ1) is 7.80. The molecule has 0 saturated carbocycles. The Morgan fingerprint density at radius 2 is 2.06 bits per heavy atom. The second kappa shape index (κ2) is 5.13. The molecule has 0 heterocycles. The summed E-state index contributed by atoms with van der Waals surface area (Å²) < 4.78 is 50.5. The number of nitrogens with two attached hydrogens (primary N) is 1. The van der Waals surface area contributed by atoms with E-state index in [1.807, 2.05) is 0 Å². The molecule has 1 aromatic carbocycles. The van der Waals surface area contributed by atoms with Crippen LogP contribution in [0.25, 0.3) is 0 Å². The summed E-state index contributed by atoms with van der Waals surface area (Å²) in [5, 5.41) is 3.16. The highest BCUT2D eigenvalue weighted by Crippen LogP contribution is 2.12. The van der Waals surface area contributed by atoms with Crippen LogP contribution in [0.4, 0.5) is 17.3 Å². The summed E-state index contributed by atoms with van der Waals surface area (Å²) in [7, 11) is 0. The molecule has 0 bridgehead atoms. The predicted molar refractivity (Wildman–Crippen MR) is 62.6 cm³/mol. The van der Waals surface area contributed by atoms with Gasteiger partial charge >= 0.3 is 6.98 Å². The molecule has 0 aliphatic carbocycles. The smallest absolute Gasteiger partial charge is 0.445 e. The van der Waals surface area contributed by atoms with Gasteiger partial charge in [0, 0.05) is 0 Å². The molecule has 0 radical (unpaired) electrons. The Balaban J connectivity index is 3.08. The average Bonchev–Trinajstić information content (AvgIpc) is 2.15. The fraction of sp³-hybridized carbons (Fsp3) is 0. The van der Waals surface area contributed by atoms with Crippen LogP contribution in [0.2, 0.25) is 0 Å². The third kappa shape index (κ3) is 4.02. The van der Waals surface area contributed by atoms with Crippen molar-refractivity contribution in [2.24, 2.45) is 10.8 Å². The van der Waals surface area contributed by atoms with E-state index in [0.29, 0.717) is 6.07 Å². The zero-order chi connectivity index (χ0) is 13.1. The lowest BCUT2D eigenvalue weighted by molar-refractivity contribution is 0.500. The van der Waals surface area contributed by atoms with Crippen molar-refractivity contribution in [1.82, 2.24) is 5.43 Å². The van der Waals surface area contributed by atoms with Gasteiger partial charge in [-0.25, -0.2) is 4.39 Å². The second-order valence-corrected chi connectivity index (χ2v) is 3.52. The summed E-state index contributed by atoms with van der Waals surface area (Å²) in [5.41, 5.74) is 5.79. The van der Waals surface area contributed by atoms with Crippen molar-refractivity contribution in [2.45, 2.75) is 0 Å². The van der Waals surface area contributed by atoms with Crippen LogP contribution in [-0.2, 0) is 0 Å². The lowest BCUT2D eigenvalue weighted by atomic mass is 9.77. The van der Waals surface area contributed by atoms with Gasteiger partial charge in [-0.2, -0.15) is 5.10 Å². The molecule has 17 heavy (non-hydrogen) atoms. The molecule has 1 rings (SSSR count). The number of rotatable bonds is 3. The number of benzene rings is 1. The minimum Gasteiger partial charge on any atom is -0.445 e. The van der Waals surface area contributed by atoms with Crippen molar-refractivity contribution in [3.8, 4) is 0 Å². The molecule has 9 heteroatoms. The Morgan fingerprint density at radius 3 is 2.59 bits per heavy atom. The van der Waals surface area contributed by atoms with Crippen LogP contribution in [-0.4, -0.2) is 18.3 Å². The Hall–Kier alpha value is -1.64. The number of hydrogen-bond acceptors (Lipinski definition) is 2. The van der Waals surface area contributed by atoms with Gasteiger partial charge in [0.25, 0.3) is 0 Å².